The molecule has 0 fully saturated rings. The Kier molecular flexibility index (Phi) is 7.71. The number of halogens is 1. The number of esters is 2. The van der Waals surface area contributed by atoms with Crippen LogP contribution in [-0.4, -0.2) is 35.6 Å². The standard InChI is InChI=1S/C25H22ClN3O5/c1-3-33-24(31)20-19(18(14-27)23(28)30)21(15-8-6-5-7-9-15)29(22(20)25(32)34-4-2)17-12-10-16(26)11-13-17/h5-13,18H,3-4H2,1-2H3,(H2,28,30). The van der Waals surface area contributed by atoms with Crippen molar-refractivity contribution in [3.05, 3.63) is 76.4 Å². The first-order chi connectivity index (χ1) is 16.3. The van der Waals surface area contributed by atoms with Crippen molar-refractivity contribution in [1.82, 2.24) is 4.57 Å². The molecule has 0 bridgehead atoms. The first-order valence-electron chi connectivity index (χ1n) is 10.5. The van der Waals surface area contributed by atoms with Crippen LogP contribution >= 0.6 is 11.6 Å². The van der Waals surface area contributed by atoms with E-state index in [1.807, 2.05) is 6.07 Å². The summed E-state index contributed by atoms with van der Waals surface area (Å²) in [4.78, 5) is 38.8. The molecule has 34 heavy (non-hydrogen) atoms. The summed E-state index contributed by atoms with van der Waals surface area (Å²) in [5.74, 6) is -4.23. The van der Waals surface area contributed by atoms with E-state index in [0.717, 1.165) is 0 Å². The summed E-state index contributed by atoms with van der Waals surface area (Å²) in [5, 5.41) is 10.3. The molecule has 1 unspecified atom stereocenters. The first-order valence-corrected chi connectivity index (χ1v) is 10.9. The molecule has 1 aromatic heterocycles. The zero-order chi connectivity index (χ0) is 24.8. The van der Waals surface area contributed by atoms with Gasteiger partial charge in [-0.05, 0) is 43.7 Å². The number of hydrogen-bond acceptors (Lipinski definition) is 6. The van der Waals surface area contributed by atoms with Crippen molar-refractivity contribution in [2.45, 2.75) is 19.8 Å². The van der Waals surface area contributed by atoms with Gasteiger partial charge in [-0.1, -0.05) is 41.9 Å². The van der Waals surface area contributed by atoms with Gasteiger partial charge in [0.05, 0.1) is 30.5 Å². The molecule has 0 saturated heterocycles. The van der Waals surface area contributed by atoms with Gasteiger partial charge in [-0.15, -0.1) is 0 Å². The van der Waals surface area contributed by atoms with Gasteiger partial charge in [0.2, 0.25) is 5.91 Å². The van der Waals surface area contributed by atoms with Crippen LogP contribution in [0.2, 0.25) is 5.02 Å². The summed E-state index contributed by atoms with van der Waals surface area (Å²) in [6.07, 6.45) is 0. The van der Waals surface area contributed by atoms with Gasteiger partial charge in [0, 0.05) is 16.3 Å². The van der Waals surface area contributed by atoms with Gasteiger partial charge in [-0.2, -0.15) is 5.26 Å². The Hall–Kier alpha value is -4.09. The Morgan fingerprint density at radius 1 is 1.00 bits per heavy atom. The predicted molar refractivity (Wildman–Crippen MR) is 126 cm³/mol. The third-order valence-electron chi connectivity index (χ3n) is 4.99. The van der Waals surface area contributed by atoms with E-state index in [-0.39, 0.29) is 35.7 Å². The molecular weight excluding hydrogens is 458 g/mol. The van der Waals surface area contributed by atoms with Gasteiger partial charge in [0.15, 0.2) is 5.92 Å². The number of amides is 1. The van der Waals surface area contributed by atoms with Gasteiger partial charge < -0.3 is 19.8 Å². The monoisotopic (exact) mass is 479 g/mol. The lowest BCUT2D eigenvalue weighted by molar-refractivity contribution is -0.118. The Balaban J connectivity index is 2.60. The molecule has 174 valence electrons. The summed E-state index contributed by atoms with van der Waals surface area (Å²) in [5.41, 5.74) is 6.35. The Morgan fingerprint density at radius 3 is 2.12 bits per heavy atom. The molecule has 1 amide bonds. The number of ether oxygens (including phenoxy) is 2. The molecule has 3 aromatic rings. The minimum absolute atomic E-state index is 0.00112. The summed E-state index contributed by atoms with van der Waals surface area (Å²) >= 11 is 6.07. The number of nitriles is 1. The third kappa shape index (κ3) is 4.65. The van der Waals surface area contributed by atoms with Crippen LogP contribution in [0.25, 0.3) is 16.9 Å². The van der Waals surface area contributed by atoms with Crippen molar-refractivity contribution in [3.8, 4) is 23.0 Å². The molecule has 9 heteroatoms. The van der Waals surface area contributed by atoms with Gasteiger partial charge in [0.25, 0.3) is 0 Å². The lowest BCUT2D eigenvalue weighted by Crippen LogP contribution is -2.23. The van der Waals surface area contributed by atoms with Crippen LogP contribution in [0.15, 0.2) is 54.6 Å². The fraction of sp³-hybridized carbons (Fsp3) is 0.200. The lowest BCUT2D eigenvalue weighted by atomic mass is 9.92. The highest BCUT2D eigenvalue weighted by Crippen LogP contribution is 2.40. The molecule has 0 radical (unpaired) electrons. The summed E-state index contributed by atoms with van der Waals surface area (Å²) in [7, 11) is 0. The van der Waals surface area contributed by atoms with Crippen molar-refractivity contribution < 1.29 is 23.9 Å². The van der Waals surface area contributed by atoms with Crippen LogP contribution in [0.1, 0.15) is 46.2 Å². The number of aromatic nitrogens is 1. The highest BCUT2D eigenvalue weighted by atomic mass is 35.5. The molecule has 0 spiro atoms. The van der Waals surface area contributed by atoms with Crippen molar-refractivity contribution in [2.24, 2.45) is 5.73 Å². The van der Waals surface area contributed by atoms with E-state index in [2.05, 4.69) is 0 Å². The number of benzene rings is 2. The lowest BCUT2D eigenvalue weighted by Gasteiger charge is -2.15. The molecule has 8 nitrogen and oxygen atoms in total. The fourth-order valence-electron chi connectivity index (χ4n) is 3.67. The van der Waals surface area contributed by atoms with Crippen LogP contribution in [0.3, 0.4) is 0 Å². The zero-order valence-electron chi connectivity index (χ0n) is 18.6. The normalized spacial score (nSPS) is 11.4. The molecule has 0 saturated carbocycles. The molecule has 0 aliphatic heterocycles. The van der Waals surface area contributed by atoms with E-state index in [4.69, 9.17) is 26.8 Å². The summed E-state index contributed by atoms with van der Waals surface area (Å²) < 4.78 is 12.0. The summed E-state index contributed by atoms with van der Waals surface area (Å²) in [6.45, 7) is 3.26. The molecule has 1 heterocycles. The van der Waals surface area contributed by atoms with Crippen molar-refractivity contribution in [3.63, 3.8) is 0 Å². The largest absolute Gasteiger partial charge is 0.462 e. The number of carbonyl (C=O) groups is 3. The van der Waals surface area contributed by atoms with E-state index in [0.29, 0.717) is 16.3 Å². The summed E-state index contributed by atoms with van der Waals surface area (Å²) in [6, 6.07) is 17.1. The highest BCUT2D eigenvalue weighted by Gasteiger charge is 2.39. The molecular formula is C25H22ClN3O5. The maximum atomic E-state index is 13.2. The van der Waals surface area contributed by atoms with Crippen LogP contribution in [0, 0.1) is 11.3 Å². The second kappa shape index (κ2) is 10.7. The predicted octanol–water partition coefficient (Wildman–Crippen LogP) is 4.24. The van der Waals surface area contributed by atoms with E-state index < -0.39 is 23.8 Å². The van der Waals surface area contributed by atoms with Crippen LogP contribution < -0.4 is 5.73 Å². The number of rotatable bonds is 8. The maximum absolute atomic E-state index is 13.2. The number of nitrogens with zero attached hydrogens (tertiary/aromatic N) is 2. The Labute approximate surface area is 201 Å². The van der Waals surface area contributed by atoms with Crippen molar-refractivity contribution in [2.75, 3.05) is 13.2 Å². The number of nitrogens with two attached hydrogens (primary N) is 1. The molecule has 0 aliphatic rings. The van der Waals surface area contributed by atoms with E-state index >= 15 is 0 Å². The highest BCUT2D eigenvalue weighted by molar-refractivity contribution is 6.30. The van der Waals surface area contributed by atoms with Crippen LogP contribution in [0.5, 0.6) is 0 Å². The third-order valence-corrected chi connectivity index (χ3v) is 5.24. The van der Waals surface area contributed by atoms with E-state index in [9.17, 15) is 19.6 Å². The van der Waals surface area contributed by atoms with Gasteiger partial charge >= 0.3 is 11.9 Å². The Bertz CT molecular complexity index is 1260. The Morgan fingerprint density at radius 2 is 1.59 bits per heavy atom. The molecule has 3 rings (SSSR count). The quantitative estimate of drug-likeness (QED) is 0.482. The number of primary amides is 1. The number of hydrogen-bond donors (Lipinski definition) is 1. The molecule has 1 atom stereocenters. The minimum Gasteiger partial charge on any atom is -0.462 e. The zero-order valence-corrected chi connectivity index (χ0v) is 19.3. The maximum Gasteiger partial charge on any atom is 0.356 e. The minimum atomic E-state index is -1.55. The fourth-order valence-corrected chi connectivity index (χ4v) is 3.80. The SMILES string of the molecule is CCOC(=O)c1c(C(C#N)C(N)=O)c(-c2ccccc2)n(-c2ccc(Cl)cc2)c1C(=O)OCC. The van der Waals surface area contributed by atoms with Gasteiger partial charge in [-0.25, -0.2) is 9.59 Å². The van der Waals surface area contributed by atoms with Crippen LogP contribution in [-0.2, 0) is 14.3 Å². The average molecular weight is 480 g/mol. The second-order valence-corrected chi connectivity index (χ2v) is 7.51. The van der Waals surface area contributed by atoms with Crippen LogP contribution in [0.4, 0.5) is 0 Å². The topological polar surface area (TPSA) is 124 Å². The van der Waals surface area contributed by atoms with Crippen molar-refractivity contribution in [1.29, 1.82) is 5.26 Å². The van der Waals surface area contributed by atoms with Gasteiger partial charge in [-0.3, -0.25) is 4.79 Å². The number of carbonyl (C=O) groups excluding carboxylic acids is 3. The molecule has 0 aliphatic carbocycles. The molecule has 2 aromatic carbocycles. The first kappa shape index (κ1) is 24.6. The smallest absolute Gasteiger partial charge is 0.356 e. The van der Waals surface area contributed by atoms with E-state index in [1.165, 1.54) is 4.57 Å². The average Bonchev–Trinajstić information content (AvgIpc) is 3.16. The van der Waals surface area contributed by atoms with Crippen molar-refractivity contribution >= 4 is 29.4 Å². The second-order valence-electron chi connectivity index (χ2n) is 7.07. The van der Waals surface area contributed by atoms with E-state index in [1.54, 1.807) is 68.4 Å². The molecule has 2 N–H and O–H groups in total. The van der Waals surface area contributed by atoms with Gasteiger partial charge in [0.1, 0.15) is 5.69 Å².